The molecule has 0 unspecified atom stereocenters. The third-order valence-corrected chi connectivity index (χ3v) is 4.56. The van der Waals surface area contributed by atoms with Crippen molar-refractivity contribution in [3.05, 3.63) is 47.4 Å². The van der Waals surface area contributed by atoms with Crippen molar-refractivity contribution in [2.24, 2.45) is 5.92 Å². The molecule has 1 saturated heterocycles. The van der Waals surface area contributed by atoms with Gasteiger partial charge in [-0.15, -0.1) is 0 Å². The number of aromatic nitrogens is 2. The standard InChI is InChI=1S/C19H24N4O/c1-13-8-10-23(11-9-13)18-12-17(20-15(3)21-18)19(24)22-16-7-5-4-6-14(16)2/h4-7,12-13H,8-11H2,1-3H3,(H,22,24). The van der Waals surface area contributed by atoms with E-state index >= 15 is 0 Å². The number of piperidine rings is 1. The first-order valence-corrected chi connectivity index (χ1v) is 8.50. The van der Waals surface area contributed by atoms with Gasteiger partial charge in [0.15, 0.2) is 0 Å². The SMILES string of the molecule is Cc1nc(C(=O)Nc2ccccc2C)cc(N2CCC(C)CC2)n1. The quantitative estimate of drug-likeness (QED) is 0.937. The maximum absolute atomic E-state index is 12.6. The van der Waals surface area contributed by atoms with Gasteiger partial charge in [-0.2, -0.15) is 0 Å². The molecule has 2 aromatic rings. The molecular formula is C19H24N4O. The Balaban J connectivity index is 1.80. The van der Waals surface area contributed by atoms with E-state index in [1.807, 2.05) is 38.1 Å². The smallest absolute Gasteiger partial charge is 0.274 e. The summed E-state index contributed by atoms with van der Waals surface area (Å²) in [6, 6.07) is 9.54. The molecule has 1 N–H and O–H groups in total. The van der Waals surface area contributed by atoms with Gasteiger partial charge in [0.25, 0.3) is 5.91 Å². The van der Waals surface area contributed by atoms with E-state index in [0.29, 0.717) is 11.5 Å². The predicted octanol–water partition coefficient (Wildman–Crippen LogP) is 3.58. The Morgan fingerprint density at radius 2 is 1.88 bits per heavy atom. The lowest BCUT2D eigenvalue weighted by Crippen LogP contribution is -2.34. The molecule has 1 aliphatic rings. The molecule has 2 heterocycles. The fourth-order valence-electron chi connectivity index (χ4n) is 2.97. The van der Waals surface area contributed by atoms with Crippen LogP contribution in [-0.4, -0.2) is 29.0 Å². The number of para-hydroxylation sites is 1. The molecule has 0 spiro atoms. The molecule has 1 amide bonds. The lowest BCUT2D eigenvalue weighted by Gasteiger charge is -2.31. The Hall–Kier alpha value is -2.43. The van der Waals surface area contributed by atoms with Crippen LogP contribution in [0.2, 0.25) is 0 Å². The minimum absolute atomic E-state index is 0.193. The first kappa shape index (κ1) is 16.4. The number of carbonyl (C=O) groups is 1. The Morgan fingerprint density at radius 1 is 1.17 bits per heavy atom. The maximum Gasteiger partial charge on any atom is 0.274 e. The van der Waals surface area contributed by atoms with Gasteiger partial charge in [0.05, 0.1) is 0 Å². The fourth-order valence-corrected chi connectivity index (χ4v) is 2.97. The van der Waals surface area contributed by atoms with Gasteiger partial charge in [0, 0.05) is 24.8 Å². The molecular weight excluding hydrogens is 300 g/mol. The van der Waals surface area contributed by atoms with E-state index in [2.05, 4.69) is 27.1 Å². The zero-order valence-electron chi connectivity index (χ0n) is 14.5. The number of rotatable bonds is 3. The number of nitrogens with one attached hydrogen (secondary N) is 1. The summed E-state index contributed by atoms with van der Waals surface area (Å²) in [7, 11) is 0. The lowest BCUT2D eigenvalue weighted by molar-refractivity contribution is 0.102. The van der Waals surface area contributed by atoms with Crippen molar-refractivity contribution in [3.63, 3.8) is 0 Å². The Morgan fingerprint density at radius 3 is 2.58 bits per heavy atom. The number of anilines is 2. The van der Waals surface area contributed by atoms with E-state index in [9.17, 15) is 4.79 Å². The highest BCUT2D eigenvalue weighted by atomic mass is 16.1. The van der Waals surface area contributed by atoms with Gasteiger partial charge in [0.2, 0.25) is 0 Å². The van der Waals surface area contributed by atoms with Gasteiger partial charge >= 0.3 is 0 Å². The Kier molecular flexibility index (Phi) is 4.79. The molecule has 24 heavy (non-hydrogen) atoms. The van der Waals surface area contributed by atoms with Crippen LogP contribution in [0.5, 0.6) is 0 Å². The van der Waals surface area contributed by atoms with Crippen molar-refractivity contribution in [3.8, 4) is 0 Å². The summed E-state index contributed by atoms with van der Waals surface area (Å²) in [4.78, 5) is 23.7. The van der Waals surface area contributed by atoms with Crippen molar-refractivity contribution in [2.45, 2.75) is 33.6 Å². The highest BCUT2D eigenvalue weighted by Gasteiger charge is 2.19. The van der Waals surface area contributed by atoms with Gasteiger partial charge in [-0.25, -0.2) is 9.97 Å². The van der Waals surface area contributed by atoms with Gasteiger partial charge in [-0.3, -0.25) is 4.79 Å². The summed E-state index contributed by atoms with van der Waals surface area (Å²) < 4.78 is 0. The van der Waals surface area contributed by atoms with E-state index < -0.39 is 0 Å². The number of amides is 1. The third kappa shape index (κ3) is 3.72. The van der Waals surface area contributed by atoms with Crippen LogP contribution in [0, 0.1) is 19.8 Å². The molecule has 0 aliphatic carbocycles. The van der Waals surface area contributed by atoms with Crippen LogP contribution in [0.1, 0.15) is 41.6 Å². The monoisotopic (exact) mass is 324 g/mol. The molecule has 1 fully saturated rings. The van der Waals surface area contributed by atoms with Crippen molar-refractivity contribution < 1.29 is 4.79 Å². The molecule has 126 valence electrons. The van der Waals surface area contributed by atoms with E-state index in [1.54, 1.807) is 6.07 Å². The number of carbonyl (C=O) groups excluding carboxylic acids is 1. The van der Waals surface area contributed by atoms with Crippen LogP contribution in [0.15, 0.2) is 30.3 Å². The molecule has 0 bridgehead atoms. The van der Waals surface area contributed by atoms with Gasteiger partial charge in [0.1, 0.15) is 17.3 Å². The van der Waals surface area contributed by atoms with E-state index in [1.165, 1.54) is 0 Å². The number of benzene rings is 1. The average Bonchev–Trinajstić information content (AvgIpc) is 2.57. The zero-order valence-corrected chi connectivity index (χ0v) is 14.5. The lowest BCUT2D eigenvalue weighted by atomic mass is 9.99. The second-order valence-electron chi connectivity index (χ2n) is 6.60. The fraction of sp³-hybridized carbons (Fsp3) is 0.421. The second kappa shape index (κ2) is 6.99. The van der Waals surface area contributed by atoms with Crippen LogP contribution in [-0.2, 0) is 0 Å². The third-order valence-electron chi connectivity index (χ3n) is 4.56. The van der Waals surface area contributed by atoms with E-state index in [0.717, 1.165) is 48.9 Å². The molecule has 1 aromatic carbocycles. The number of hydrogen-bond donors (Lipinski definition) is 1. The largest absolute Gasteiger partial charge is 0.356 e. The van der Waals surface area contributed by atoms with Crippen molar-refractivity contribution in [2.75, 3.05) is 23.3 Å². The van der Waals surface area contributed by atoms with Crippen molar-refractivity contribution >= 4 is 17.4 Å². The Bertz CT molecular complexity index is 736. The predicted molar refractivity (Wildman–Crippen MR) is 96.5 cm³/mol. The average molecular weight is 324 g/mol. The molecule has 1 aromatic heterocycles. The van der Waals surface area contributed by atoms with E-state index in [4.69, 9.17) is 0 Å². The summed E-state index contributed by atoms with van der Waals surface area (Å²) in [6.07, 6.45) is 2.32. The van der Waals surface area contributed by atoms with Crippen LogP contribution < -0.4 is 10.2 Å². The molecule has 1 aliphatic heterocycles. The van der Waals surface area contributed by atoms with Crippen molar-refractivity contribution in [1.29, 1.82) is 0 Å². The summed E-state index contributed by atoms with van der Waals surface area (Å²) in [5, 5.41) is 2.94. The Labute approximate surface area is 143 Å². The van der Waals surface area contributed by atoms with Crippen LogP contribution in [0.3, 0.4) is 0 Å². The highest BCUT2D eigenvalue weighted by molar-refractivity contribution is 6.03. The van der Waals surface area contributed by atoms with Gasteiger partial charge < -0.3 is 10.2 Å². The van der Waals surface area contributed by atoms with Gasteiger partial charge in [-0.1, -0.05) is 25.1 Å². The molecule has 0 radical (unpaired) electrons. The molecule has 3 rings (SSSR count). The second-order valence-corrected chi connectivity index (χ2v) is 6.60. The first-order valence-electron chi connectivity index (χ1n) is 8.50. The highest BCUT2D eigenvalue weighted by Crippen LogP contribution is 2.22. The minimum Gasteiger partial charge on any atom is -0.356 e. The van der Waals surface area contributed by atoms with Crippen molar-refractivity contribution in [1.82, 2.24) is 9.97 Å². The maximum atomic E-state index is 12.6. The minimum atomic E-state index is -0.193. The summed E-state index contributed by atoms with van der Waals surface area (Å²) >= 11 is 0. The van der Waals surface area contributed by atoms with Crippen LogP contribution in [0.25, 0.3) is 0 Å². The zero-order chi connectivity index (χ0) is 17.1. The first-order chi connectivity index (χ1) is 11.5. The van der Waals surface area contributed by atoms with Crippen LogP contribution in [0.4, 0.5) is 11.5 Å². The topological polar surface area (TPSA) is 58.1 Å². The molecule has 0 saturated carbocycles. The molecule has 0 atom stereocenters. The summed E-state index contributed by atoms with van der Waals surface area (Å²) in [5.41, 5.74) is 2.26. The number of aryl methyl sites for hydroxylation is 2. The van der Waals surface area contributed by atoms with Gasteiger partial charge in [-0.05, 0) is 44.2 Å². The molecule has 5 nitrogen and oxygen atoms in total. The van der Waals surface area contributed by atoms with Crippen LogP contribution >= 0.6 is 0 Å². The van der Waals surface area contributed by atoms with E-state index in [-0.39, 0.29) is 5.91 Å². The summed E-state index contributed by atoms with van der Waals surface area (Å²) in [6.45, 7) is 8.05. The molecule has 5 heteroatoms. The number of hydrogen-bond acceptors (Lipinski definition) is 4. The number of nitrogens with zero attached hydrogens (tertiary/aromatic N) is 3. The normalized spacial score (nSPS) is 15.4. The summed E-state index contributed by atoms with van der Waals surface area (Å²) in [5.74, 6) is 2.04.